The van der Waals surface area contributed by atoms with Crippen LogP contribution in [0.5, 0.6) is 0 Å². The molecule has 5 rings (SSSR count). The minimum absolute atomic E-state index is 0.220. The number of nitrogens with one attached hydrogen (secondary N) is 1. The van der Waals surface area contributed by atoms with E-state index in [1.165, 1.54) is 38.5 Å². The van der Waals surface area contributed by atoms with Crippen molar-refractivity contribution < 1.29 is 0 Å². The van der Waals surface area contributed by atoms with Crippen molar-refractivity contribution in [2.24, 2.45) is 17.8 Å². The van der Waals surface area contributed by atoms with Gasteiger partial charge in [-0.05, 0) is 68.4 Å². The molecule has 4 bridgehead atoms. The van der Waals surface area contributed by atoms with Crippen LogP contribution in [0.1, 0.15) is 38.5 Å². The lowest BCUT2D eigenvalue weighted by atomic mass is 9.53. The van der Waals surface area contributed by atoms with Gasteiger partial charge in [-0.25, -0.2) is 0 Å². The van der Waals surface area contributed by atoms with Crippen LogP contribution in [0.3, 0.4) is 0 Å². The molecule has 0 radical (unpaired) electrons. The van der Waals surface area contributed by atoms with Crippen molar-refractivity contribution in [2.75, 3.05) is 11.1 Å². The summed E-state index contributed by atoms with van der Waals surface area (Å²) in [7, 11) is 0. The van der Waals surface area contributed by atoms with Gasteiger partial charge in [-0.1, -0.05) is 23.2 Å². The van der Waals surface area contributed by atoms with Gasteiger partial charge < -0.3 is 11.1 Å². The minimum Gasteiger partial charge on any atom is -0.399 e. The SMILES string of the molecule is Nc1cc(Cl)c(NC23CC4CC(CC(C4)C2)C3)c(Cl)c1. The summed E-state index contributed by atoms with van der Waals surface area (Å²) in [6.45, 7) is 0. The van der Waals surface area contributed by atoms with Gasteiger partial charge in [0, 0.05) is 11.2 Å². The Hall–Kier alpha value is -0.600. The van der Waals surface area contributed by atoms with Crippen molar-refractivity contribution in [1.29, 1.82) is 0 Å². The fourth-order valence-corrected chi connectivity index (χ4v) is 5.84. The highest BCUT2D eigenvalue weighted by molar-refractivity contribution is 6.39. The second kappa shape index (κ2) is 4.45. The van der Waals surface area contributed by atoms with Gasteiger partial charge in [-0.2, -0.15) is 0 Å². The van der Waals surface area contributed by atoms with Crippen molar-refractivity contribution in [3.05, 3.63) is 22.2 Å². The van der Waals surface area contributed by atoms with E-state index >= 15 is 0 Å². The van der Waals surface area contributed by atoms with Gasteiger partial charge in [-0.15, -0.1) is 0 Å². The molecule has 0 aromatic heterocycles. The molecule has 4 aliphatic rings. The smallest absolute Gasteiger partial charge is 0.0724 e. The molecule has 0 amide bonds. The second-order valence-electron chi connectivity index (χ2n) is 7.18. The number of rotatable bonds is 2. The highest BCUT2D eigenvalue weighted by Crippen LogP contribution is 2.57. The van der Waals surface area contributed by atoms with E-state index in [2.05, 4.69) is 5.32 Å². The van der Waals surface area contributed by atoms with E-state index in [0.717, 1.165) is 23.4 Å². The van der Waals surface area contributed by atoms with Crippen molar-refractivity contribution in [3.8, 4) is 0 Å². The second-order valence-corrected chi connectivity index (χ2v) is 8.00. The lowest BCUT2D eigenvalue weighted by Gasteiger charge is -2.57. The van der Waals surface area contributed by atoms with Crippen LogP contribution in [0, 0.1) is 17.8 Å². The summed E-state index contributed by atoms with van der Waals surface area (Å²) in [6, 6.07) is 3.58. The molecule has 2 nitrogen and oxygen atoms in total. The average Bonchev–Trinajstić information content (AvgIpc) is 2.32. The molecular formula is C16H20Cl2N2. The molecule has 4 heteroatoms. The lowest BCUT2D eigenvalue weighted by Crippen LogP contribution is -2.54. The molecule has 1 aromatic rings. The number of benzene rings is 1. The maximum absolute atomic E-state index is 6.35. The first kappa shape index (κ1) is 13.1. The Kier molecular flexibility index (Phi) is 2.91. The Labute approximate surface area is 130 Å². The summed E-state index contributed by atoms with van der Waals surface area (Å²) in [5.41, 5.74) is 7.51. The number of hydrogen-bond donors (Lipinski definition) is 2. The van der Waals surface area contributed by atoms with Crippen LogP contribution in [0.2, 0.25) is 10.0 Å². The molecule has 4 saturated carbocycles. The van der Waals surface area contributed by atoms with Gasteiger partial charge in [-0.3, -0.25) is 0 Å². The fraction of sp³-hybridized carbons (Fsp3) is 0.625. The Bertz CT molecular complexity index is 497. The van der Waals surface area contributed by atoms with Gasteiger partial charge in [0.1, 0.15) is 0 Å². The first-order valence-electron chi connectivity index (χ1n) is 7.56. The molecule has 20 heavy (non-hydrogen) atoms. The average molecular weight is 311 g/mol. The van der Waals surface area contributed by atoms with Crippen molar-refractivity contribution in [1.82, 2.24) is 0 Å². The normalized spacial score (nSPS) is 38.2. The molecule has 4 fully saturated rings. The third-order valence-corrected chi connectivity index (χ3v) is 6.09. The molecule has 1 aromatic carbocycles. The largest absolute Gasteiger partial charge is 0.399 e. The van der Waals surface area contributed by atoms with Crippen LogP contribution in [0.4, 0.5) is 11.4 Å². The molecule has 0 saturated heterocycles. The van der Waals surface area contributed by atoms with Crippen LogP contribution < -0.4 is 11.1 Å². The fourth-order valence-electron chi connectivity index (χ4n) is 5.24. The monoisotopic (exact) mass is 310 g/mol. The van der Waals surface area contributed by atoms with Crippen LogP contribution >= 0.6 is 23.2 Å². The Morgan fingerprint density at radius 3 is 1.85 bits per heavy atom. The molecule has 4 aliphatic carbocycles. The number of nitrogens with two attached hydrogens (primary N) is 1. The zero-order chi connectivity index (χ0) is 13.9. The third kappa shape index (κ3) is 2.08. The first-order valence-corrected chi connectivity index (χ1v) is 8.31. The number of hydrogen-bond acceptors (Lipinski definition) is 2. The van der Waals surface area contributed by atoms with E-state index in [1.54, 1.807) is 12.1 Å². The van der Waals surface area contributed by atoms with E-state index in [4.69, 9.17) is 28.9 Å². The minimum atomic E-state index is 0.220. The predicted molar refractivity (Wildman–Crippen MR) is 85.4 cm³/mol. The topological polar surface area (TPSA) is 38.0 Å². The predicted octanol–water partition coefficient (Wildman–Crippen LogP) is 4.96. The van der Waals surface area contributed by atoms with E-state index in [9.17, 15) is 0 Å². The number of halogens is 2. The van der Waals surface area contributed by atoms with Crippen LogP contribution in [-0.2, 0) is 0 Å². The Balaban J connectivity index is 1.66. The Morgan fingerprint density at radius 2 is 1.40 bits per heavy atom. The molecule has 0 aliphatic heterocycles. The summed E-state index contributed by atoms with van der Waals surface area (Å²) in [5, 5.41) is 5.02. The summed E-state index contributed by atoms with van der Waals surface area (Å²) in [6.07, 6.45) is 8.13. The summed E-state index contributed by atoms with van der Waals surface area (Å²) >= 11 is 12.7. The molecule has 0 heterocycles. The van der Waals surface area contributed by atoms with E-state index in [0.29, 0.717) is 15.7 Å². The molecule has 0 spiro atoms. The zero-order valence-corrected chi connectivity index (χ0v) is 13.0. The summed E-state index contributed by atoms with van der Waals surface area (Å²) in [4.78, 5) is 0. The summed E-state index contributed by atoms with van der Waals surface area (Å²) < 4.78 is 0. The van der Waals surface area contributed by atoms with Crippen molar-refractivity contribution >= 4 is 34.6 Å². The van der Waals surface area contributed by atoms with Crippen LogP contribution in [-0.4, -0.2) is 5.54 Å². The zero-order valence-electron chi connectivity index (χ0n) is 11.5. The van der Waals surface area contributed by atoms with Gasteiger partial charge >= 0.3 is 0 Å². The van der Waals surface area contributed by atoms with Crippen molar-refractivity contribution in [2.45, 2.75) is 44.1 Å². The van der Waals surface area contributed by atoms with Crippen LogP contribution in [0.15, 0.2) is 12.1 Å². The highest BCUT2D eigenvalue weighted by atomic mass is 35.5. The third-order valence-electron chi connectivity index (χ3n) is 5.49. The van der Waals surface area contributed by atoms with Crippen LogP contribution in [0.25, 0.3) is 0 Å². The highest BCUT2D eigenvalue weighted by Gasteiger charge is 2.51. The number of anilines is 2. The van der Waals surface area contributed by atoms with E-state index < -0.39 is 0 Å². The standard InChI is InChI=1S/C16H20Cl2N2/c17-13-4-12(19)5-14(18)15(13)20-16-6-9-1-10(7-16)3-11(2-9)8-16/h4-5,9-11,20H,1-3,6-8,19H2. The summed E-state index contributed by atoms with van der Waals surface area (Å²) in [5.74, 6) is 2.71. The maximum Gasteiger partial charge on any atom is 0.0724 e. The van der Waals surface area contributed by atoms with Gasteiger partial charge in [0.05, 0.1) is 15.7 Å². The van der Waals surface area contributed by atoms with E-state index in [-0.39, 0.29) is 5.54 Å². The molecule has 108 valence electrons. The van der Waals surface area contributed by atoms with E-state index in [1.807, 2.05) is 0 Å². The van der Waals surface area contributed by atoms with Gasteiger partial charge in [0.15, 0.2) is 0 Å². The molecule has 0 unspecified atom stereocenters. The lowest BCUT2D eigenvalue weighted by molar-refractivity contribution is 0.0107. The van der Waals surface area contributed by atoms with Gasteiger partial charge in [0.25, 0.3) is 0 Å². The van der Waals surface area contributed by atoms with Crippen molar-refractivity contribution in [3.63, 3.8) is 0 Å². The Morgan fingerprint density at radius 1 is 0.950 bits per heavy atom. The maximum atomic E-state index is 6.35. The quantitative estimate of drug-likeness (QED) is 0.758. The van der Waals surface area contributed by atoms with Gasteiger partial charge in [0.2, 0.25) is 0 Å². The molecular weight excluding hydrogens is 291 g/mol. The molecule has 3 N–H and O–H groups in total. The molecule has 0 atom stereocenters. The first-order chi connectivity index (χ1) is 9.53. The number of nitrogen functional groups attached to an aromatic ring is 1.